The van der Waals surface area contributed by atoms with E-state index in [9.17, 15) is 10.4 Å². The number of nitrogens with zero attached hydrogens (tertiary/aromatic N) is 6. The molecule has 0 spiro atoms. The highest BCUT2D eigenvalue weighted by atomic mass is 16.6. The molecule has 0 fully saturated rings. The van der Waals surface area contributed by atoms with E-state index in [-0.39, 0.29) is 24.1 Å². The van der Waals surface area contributed by atoms with Crippen LogP contribution in [-0.2, 0) is 13.1 Å². The van der Waals surface area contributed by atoms with Crippen LogP contribution in [0.2, 0.25) is 0 Å². The predicted molar refractivity (Wildman–Crippen MR) is 107 cm³/mol. The van der Waals surface area contributed by atoms with Gasteiger partial charge >= 0.3 is 0 Å². The Kier molecular flexibility index (Phi) is 5.56. The second kappa shape index (κ2) is 8.61. The van der Waals surface area contributed by atoms with Gasteiger partial charge in [0.05, 0.1) is 27.3 Å². The summed E-state index contributed by atoms with van der Waals surface area (Å²) in [6.45, 7) is 0.528. The number of hydrogen-bond donors (Lipinski definition) is 2. The first kappa shape index (κ1) is 20.0. The Hall–Kier alpha value is -4.28. The zero-order valence-corrected chi connectivity index (χ0v) is 16.8. The van der Waals surface area contributed by atoms with E-state index in [1.54, 1.807) is 23.4 Å². The van der Waals surface area contributed by atoms with Crippen LogP contribution in [0.3, 0.4) is 0 Å². The molecule has 0 saturated heterocycles. The molecule has 0 bridgehead atoms. The number of fused-ring (bicyclic) bond motifs is 1. The first-order valence-corrected chi connectivity index (χ1v) is 9.26. The van der Waals surface area contributed by atoms with E-state index in [4.69, 9.17) is 14.1 Å². The van der Waals surface area contributed by atoms with Crippen molar-refractivity contribution in [3.05, 3.63) is 70.6 Å². The van der Waals surface area contributed by atoms with Crippen molar-refractivity contribution in [1.29, 1.82) is 0 Å². The average molecular weight is 424 g/mol. The molecule has 0 amide bonds. The number of benzene rings is 2. The summed E-state index contributed by atoms with van der Waals surface area (Å²) in [4.78, 5) is 0. The van der Waals surface area contributed by atoms with Gasteiger partial charge in [-0.05, 0) is 45.7 Å². The molecule has 2 aromatic carbocycles. The smallest absolute Gasteiger partial charge is 0.224 e. The SMILES string of the molecule is COc1ccc(Cn2c(=N/O)/c(=N\O)n(Cc3ccc(OC)cc3)c3nonc32)cc1. The quantitative estimate of drug-likeness (QED) is 0.354. The van der Waals surface area contributed by atoms with Crippen LogP contribution in [0.1, 0.15) is 11.1 Å². The van der Waals surface area contributed by atoms with Crippen LogP contribution in [0.5, 0.6) is 11.5 Å². The molecule has 31 heavy (non-hydrogen) atoms. The van der Waals surface area contributed by atoms with Gasteiger partial charge in [0.1, 0.15) is 11.5 Å². The molecular weight excluding hydrogens is 404 g/mol. The molecule has 2 aromatic heterocycles. The lowest BCUT2D eigenvalue weighted by Gasteiger charge is -2.13. The third kappa shape index (κ3) is 3.80. The molecule has 11 heteroatoms. The highest BCUT2D eigenvalue weighted by Gasteiger charge is 2.17. The van der Waals surface area contributed by atoms with Gasteiger partial charge in [0.25, 0.3) is 0 Å². The minimum Gasteiger partial charge on any atom is -0.497 e. The third-order valence-corrected chi connectivity index (χ3v) is 4.87. The highest BCUT2D eigenvalue weighted by Crippen LogP contribution is 2.15. The third-order valence-electron chi connectivity index (χ3n) is 4.87. The van der Waals surface area contributed by atoms with E-state index in [1.165, 1.54) is 0 Å². The summed E-state index contributed by atoms with van der Waals surface area (Å²) in [7, 11) is 3.18. The molecular formula is C20H20N6O5. The summed E-state index contributed by atoms with van der Waals surface area (Å²) in [5, 5.41) is 34.2. The predicted octanol–water partition coefficient (Wildman–Crippen LogP) is 1.52. The van der Waals surface area contributed by atoms with Crippen molar-refractivity contribution in [3.8, 4) is 11.5 Å². The van der Waals surface area contributed by atoms with E-state index in [0.29, 0.717) is 22.8 Å². The lowest BCUT2D eigenvalue weighted by molar-refractivity contribution is 0.273. The van der Waals surface area contributed by atoms with Crippen molar-refractivity contribution in [2.45, 2.75) is 13.1 Å². The number of methoxy groups -OCH3 is 2. The zero-order chi connectivity index (χ0) is 21.8. The van der Waals surface area contributed by atoms with Crippen molar-refractivity contribution in [3.63, 3.8) is 0 Å². The molecule has 0 aliphatic rings. The Morgan fingerprint density at radius 2 is 1.13 bits per heavy atom. The van der Waals surface area contributed by atoms with Gasteiger partial charge in [-0.2, -0.15) is 0 Å². The average Bonchev–Trinajstić information content (AvgIpc) is 3.31. The van der Waals surface area contributed by atoms with Crippen molar-refractivity contribution in [2.24, 2.45) is 10.3 Å². The van der Waals surface area contributed by atoms with Gasteiger partial charge in [-0.25, -0.2) is 4.63 Å². The van der Waals surface area contributed by atoms with Crippen molar-refractivity contribution >= 4 is 11.3 Å². The minimum absolute atomic E-state index is 0.00460. The second-order valence-corrected chi connectivity index (χ2v) is 6.63. The fourth-order valence-electron chi connectivity index (χ4n) is 3.29. The zero-order valence-electron chi connectivity index (χ0n) is 16.8. The van der Waals surface area contributed by atoms with Crippen molar-refractivity contribution in [2.75, 3.05) is 14.2 Å². The molecule has 11 nitrogen and oxygen atoms in total. The van der Waals surface area contributed by atoms with Crippen LogP contribution in [-0.4, -0.2) is 44.1 Å². The maximum atomic E-state index is 9.75. The van der Waals surface area contributed by atoms with Crippen LogP contribution in [0, 0.1) is 0 Å². The Balaban J connectivity index is 1.85. The standard InChI is InChI=1S/C20H20N6O5/c1-29-15-7-3-13(4-8-15)11-25-17(21-27)18(22-28)26(20-19(25)23-31-24-20)12-14-5-9-16(30-2)10-6-14/h3-10,27-28H,11-12H2,1-2H3/b21-17+,22-18+. The Morgan fingerprint density at radius 3 is 1.45 bits per heavy atom. The molecule has 2 heterocycles. The van der Waals surface area contributed by atoms with Gasteiger partial charge < -0.3 is 19.9 Å². The lowest BCUT2D eigenvalue weighted by Crippen LogP contribution is -2.44. The van der Waals surface area contributed by atoms with Gasteiger partial charge in [-0.15, -0.1) is 0 Å². The van der Waals surface area contributed by atoms with Crippen LogP contribution in [0.25, 0.3) is 11.3 Å². The molecule has 2 N–H and O–H groups in total. The number of hydrogen-bond acceptors (Lipinski definition) is 9. The summed E-state index contributed by atoms with van der Waals surface area (Å²) < 4.78 is 18.4. The fraction of sp³-hybridized carbons (Fsp3) is 0.200. The van der Waals surface area contributed by atoms with Gasteiger partial charge in [0.2, 0.25) is 22.3 Å². The molecule has 4 aromatic rings. The fourth-order valence-corrected chi connectivity index (χ4v) is 3.29. The summed E-state index contributed by atoms with van der Waals surface area (Å²) in [6.07, 6.45) is 0. The molecule has 4 rings (SSSR count). The van der Waals surface area contributed by atoms with Crippen LogP contribution in [0.15, 0.2) is 63.5 Å². The van der Waals surface area contributed by atoms with Crippen LogP contribution in [0.4, 0.5) is 0 Å². The van der Waals surface area contributed by atoms with Crippen molar-refractivity contribution in [1.82, 2.24) is 19.4 Å². The molecule has 0 aliphatic carbocycles. The maximum Gasteiger partial charge on any atom is 0.224 e. The lowest BCUT2D eigenvalue weighted by atomic mass is 10.2. The minimum atomic E-state index is -0.00460. The normalized spacial score (nSPS) is 12.5. The Morgan fingerprint density at radius 1 is 0.742 bits per heavy atom. The number of ether oxygens (including phenoxy) is 2. The van der Waals surface area contributed by atoms with E-state index in [1.807, 2.05) is 48.5 Å². The molecule has 0 unspecified atom stereocenters. The maximum absolute atomic E-state index is 9.75. The topological polar surface area (TPSA) is 132 Å². The largest absolute Gasteiger partial charge is 0.497 e. The Labute approximate surface area is 175 Å². The van der Waals surface area contributed by atoms with E-state index in [0.717, 1.165) is 11.1 Å². The summed E-state index contributed by atoms with van der Waals surface area (Å²) in [6, 6.07) is 14.7. The van der Waals surface area contributed by atoms with Gasteiger partial charge in [0.15, 0.2) is 0 Å². The Bertz CT molecular complexity index is 1220. The monoisotopic (exact) mass is 424 g/mol. The van der Waals surface area contributed by atoms with Crippen LogP contribution >= 0.6 is 0 Å². The first-order valence-electron chi connectivity index (χ1n) is 9.26. The van der Waals surface area contributed by atoms with Gasteiger partial charge in [-0.3, -0.25) is 9.13 Å². The van der Waals surface area contributed by atoms with E-state index < -0.39 is 0 Å². The van der Waals surface area contributed by atoms with Gasteiger partial charge in [0, 0.05) is 0 Å². The van der Waals surface area contributed by atoms with Gasteiger partial charge in [-0.1, -0.05) is 34.6 Å². The molecule has 0 atom stereocenters. The van der Waals surface area contributed by atoms with Crippen molar-refractivity contribution < 1.29 is 24.5 Å². The summed E-state index contributed by atoms with van der Waals surface area (Å²) in [5.41, 5.74) is 2.38. The first-order chi connectivity index (χ1) is 15.2. The second-order valence-electron chi connectivity index (χ2n) is 6.63. The van der Waals surface area contributed by atoms with Crippen LogP contribution < -0.4 is 20.4 Å². The number of aromatic nitrogens is 4. The molecule has 0 aliphatic heterocycles. The summed E-state index contributed by atoms with van der Waals surface area (Å²) >= 11 is 0. The summed E-state index contributed by atoms with van der Waals surface area (Å²) in [5.74, 6) is 1.43. The van der Waals surface area contributed by atoms with E-state index >= 15 is 0 Å². The highest BCUT2D eigenvalue weighted by molar-refractivity contribution is 5.64. The van der Waals surface area contributed by atoms with E-state index in [2.05, 4.69) is 20.6 Å². The molecule has 0 radical (unpaired) electrons. The number of rotatable bonds is 6. The molecule has 0 saturated carbocycles. The molecule has 160 valence electrons.